The SMILES string of the molecule is CC(N)c1cccc(S(=O)(=O)NC2C(C)(C)C2(C)C)c1. The average Bonchev–Trinajstić information content (AvgIpc) is 2.71. The molecule has 1 aromatic carbocycles. The minimum atomic E-state index is -3.50. The highest BCUT2D eigenvalue weighted by atomic mass is 32.2. The van der Waals surface area contributed by atoms with Crippen LogP contribution in [0, 0.1) is 10.8 Å². The van der Waals surface area contributed by atoms with Crippen molar-refractivity contribution in [3.8, 4) is 0 Å². The predicted molar refractivity (Wildman–Crippen MR) is 80.7 cm³/mol. The molecule has 1 aliphatic carbocycles. The summed E-state index contributed by atoms with van der Waals surface area (Å²) in [6.45, 7) is 10.2. The minimum absolute atomic E-state index is 0.0289. The van der Waals surface area contributed by atoms with Gasteiger partial charge >= 0.3 is 0 Å². The molecular weight excluding hydrogens is 272 g/mol. The molecule has 0 saturated heterocycles. The summed E-state index contributed by atoms with van der Waals surface area (Å²) in [5.41, 5.74) is 6.57. The van der Waals surface area contributed by atoms with Gasteiger partial charge < -0.3 is 5.73 Å². The third-order valence-corrected chi connectivity index (χ3v) is 6.41. The maximum atomic E-state index is 12.5. The maximum absolute atomic E-state index is 12.5. The number of benzene rings is 1. The third-order valence-electron chi connectivity index (χ3n) is 4.99. The van der Waals surface area contributed by atoms with Crippen LogP contribution in [0.4, 0.5) is 0 Å². The van der Waals surface area contributed by atoms with E-state index in [1.807, 2.05) is 13.0 Å². The van der Waals surface area contributed by atoms with Crippen molar-refractivity contribution in [2.75, 3.05) is 0 Å². The van der Waals surface area contributed by atoms with Crippen LogP contribution in [0.3, 0.4) is 0 Å². The first-order valence-corrected chi connectivity index (χ1v) is 8.36. The summed E-state index contributed by atoms with van der Waals surface area (Å²) in [4.78, 5) is 0.283. The number of hydrogen-bond donors (Lipinski definition) is 2. The normalized spacial score (nSPS) is 22.5. The average molecular weight is 296 g/mol. The molecule has 0 spiro atoms. The molecule has 5 heteroatoms. The Morgan fingerprint density at radius 1 is 1.20 bits per heavy atom. The Kier molecular flexibility index (Phi) is 3.52. The number of nitrogens with one attached hydrogen (secondary N) is 1. The van der Waals surface area contributed by atoms with Gasteiger partial charge in [-0.1, -0.05) is 39.8 Å². The van der Waals surface area contributed by atoms with Crippen LogP contribution in [0.1, 0.15) is 46.2 Å². The first-order valence-electron chi connectivity index (χ1n) is 6.88. The van der Waals surface area contributed by atoms with Gasteiger partial charge in [-0.15, -0.1) is 0 Å². The molecular formula is C15H24N2O2S. The number of hydrogen-bond acceptors (Lipinski definition) is 3. The smallest absolute Gasteiger partial charge is 0.240 e. The lowest BCUT2D eigenvalue weighted by atomic mass is 10.0. The Bertz CT molecular complexity index is 605. The molecule has 3 N–H and O–H groups in total. The van der Waals surface area contributed by atoms with E-state index >= 15 is 0 Å². The zero-order valence-corrected chi connectivity index (χ0v) is 13.6. The molecule has 0 amide bonds. The van der Waals surface area contributed by atoms with E-state index in [-0.39, 0.29) is 27.8 Å². The van der Waals surface area contributed by atoms with E-state index in [1.54, 1.807) is 18.2 Å². The summed E-state index contributed by atoms with van der Waals surface area (Å²) in [5.74, 6) is 0. The Balaban J connectivity index is 2.27. The lowest BCUT2D eigenvalue weighted by Gasteiger charge is -2.11. The first kappa shape index (κ1) is 15.5. The van der Waals surface area contributed by atoms with Crippen LogP contribution >= 0.6 is 0 Å². The molecule has 1 atom stereocenters. The summed E-state index contributed by atoms with van der Waals surface area (Å²) in [7, 11) is -3.50. The number of nitrogens with two attached hydrogens (primary N) is 1. The standard InChI is InChI=1S/C15H24N2O2S/c1-10(16)11-7-6-8-12(9-11)20(18,19)17-13-14(2,3)15(13,4)5/h6-10,13,17H,16H2,1-5H3. The molecule has 1 saturated carbocycles. The Morgan fingerprint density at radius 3 is 2.20 bits per heavy atom. The molecule has 1 unspecified atom stereocenters. The van der Waals surface area contributed by atoms with Crippen molar-refractivity contribution in [1.29, 1.82) is 0 Å². The van der Waals surface area contributed by atoms with E-state index in [9.17, 15) is 8.42 Å². The second-order valence-electron chi connectivity index (χ2n) is 6.86. The van der Waals surface area contributed by atoms with Crippen LogP contribution in [0.15, 0.2) is 29.2 Å². The Labute approximate surface area is 121 Å². The fourth-order valence-electron chi connectivity index (χ4n) is 2.68. The summed E-state index contributed by atoms with van der Waals surface area (Å²) in [6, 6.07) is 6.61. The van der Waals surface area contributed by atoms with Crippen molar-refractivity contribution in [1.82, 2.24) is 4.72 Å². The minimum Gasteiger partial charge on any atom is -0.324 e. The van der Waals surface area contributed by atoms with Gasteiger partial charge in [-0.2, -0.15) is 0 Å². The lowest BCUT2D eigenvalue weighted by molar-refractivity contribution is 0.457. The second kappa shape index (κ2) is 4.55. The van der Waals surface area contributed by atoms with Crippen molar-refractivity contribution in [3.05, 3.63) is 29.8 Å². The highest BCUT2D eigenvalue weighted by molar-refractivity contribution is 7.89. The summed E-state index contributed by atoms with van der Waals surface area (Å²) < 4.78 is 27.8. The fourth-order valence-corrected chi connectivity index (χ4v) is 4.26. The summed E-state index contributed by atoms with van der Waals surface area (Å²) >= 11 is 0. The topological polar surface area (TPSA) is 72.2 Å². The van der Waals surface area contributed by atoms with Gasteiger partial charge in [0.05, 0.1) is 4.90 Å². The molecule has 0 aromatic heterocycles. The second-order valence-corrected chi connectivity index (χ2v) is 8.57. The largest absolute Gasteiger partial charge is 0.324 e. The molecule has 1 aromatic rings. The first-order chi connectivity index (χ1) is 9.00. The van der Waals surface area contributed by atoms with Gasteiger partial charge in [-0.3, -0.25) is 0 Å². The third kappa shape index (κ3) is 2.38. The van der Waals surface area contributed by atoms with Gasteiger partial charge in [0.2, 0.25) is 10.0 Å². The van der Waals surface area contributed by atoms with Crippen molar-refractivity contribution >= 4 is 10.0 Å². The number of sulfonamides is 1. The molecule has 2 rings (SSSR count). The predicted octanol–water partition coefficient (Wildman–Crippen LogP) is 2.42. The Morgan fingerprint density at radius 2 is 1.75 bits per heavy atom. The van der Waals surface area contributed by atoms with Crippen LogP contribution in [-0.4, -0.2) is 14.5 Å². The zero-order valence-electron chi connectivity index (χ0n) is 12.8. The van der Waals surface area contributed by atoms with Gasteiger partial charge in [-0.05, 0) is 35.4 Å². The van der Waals surface area contributed by atoms with Gasteiger partial charge in [0, 0.05) is 12.1 Å². The summed E-state index contributed by atoms with van der Waals surface area (Å²) in [5, 5.41) is 0. The van der Waals surface area contributed by atoms with Crippen molar-refractivity contribution in [2.24, 2.45) is 16.6 Å². The van der Waals surface area contributed by atoms with E-state index in [1.165, 1.54) is 0 Å². The van der Waals surface area contributed by atoms with Gasteiger partial charge in [-0.25, -0.2) is 13.1 Å². The molecule has 1 fully saturated rings. The quantitative estimate of drug-likeness (QED) is 0.896. The molecule has 0 aliphatic heterocycles. The van der Waals surface area contributed by atoms with Crippen LogP contribution in [-0.2, 0) is 10.0 Å². The Hall–Kier alpha value is -0.910. The molecule has 0 bridgehead atoms. The molecule has 1 aliphatic rings. The monoisotopic (exact) mass is 296 g/mol. The molecule has 0 radical (unpaired) electrons. The lowest BCUT2D eigenvalue weighted by Crippen LogP contribution is -2.30. The van der Waals surface area contributed by atoms with Crippen LogP contribution in [0.25, 0.3) is 0 Å². The van der Waals surface area contributed by atoms with Crippen LogP contribution in [0.5, 0.6) is 0 Å². The summed E-state index contributed by atoms with van der Waals surface area (Å²) in [6.07, 6.45) is 0. The van der Waals surface area contributed by atoms with E-state index in [2.05, 4.69) is 32.4 Å². The molecule has 0 heterocycles. The van der Waals surface area contributed by atoms with Crippen molar-refractivity contribution < 1.29 is 8.42 Å². The maximum Gasteiger partial charge on any atom is 0.240 e. The van der Waals surface area contributed by atoms with Gasteiger partial charge in [0.1, 0.15) is 0 Å². The van der Waals surface area contributed by atoms with E-state index < -0.39 is 10.0 Å². The highest BCUT2D eigenvalue weighted by Crippen LogP contribution is 2.62. The number of rotatable bonds is 4. The highest BCUT2D eigenvalue weighted by Gasteiger charge is 2.66. The van der Waals surface area contributed by atoms with Crippen LogP contribution < -0.4 is 10.5 Å². The molecule has 4 nitrogen and oxygen atoms in total. The molecule has 20 heavy (non-hydrogen) atoms. The van der Waals surface area contributed by atoms with Gasteiger partial charge in [0.15, 0.2) is 0 Å². The fraction of sp³-hybridized carbons (Fsp3) is 0.600. The van der Waals surface area contributed by atoms with Gasteiger partial charge in [0.25, 0.3) is 0 Å². The van der Waals surface area contributed by atoms with Crippen LogP contribution in [0.2, 0.25) is 0 Å². The molecule has 112 valence electrons. The van der Waals surface area contributed by atoms with E-state index in [0.717, 1.165) is 5.56 Å². The zero-order chi connectivity index (χ0) is 15.3. The van der Waals surface area contributed by atoms with E-state index in [4.69, 9.17) is 5.73 Å². The van der Waals surface area contributed by atoms with Crippen molar-refractivity contribution in [3.63, 3.8) is 0 Å². The van der Waals surface area contributed by atoms with E-state index in [0.29, 0.717) is 0 Å². The van der Waals surface area contributed by atoms with Crippen molar-refractivity contribution in [2.45, 2.75) is 51.6 Å².